The third-order valence-electron chi connectivity index (χ3n) is 3.15. The second-order valence-electron chi connectivity index (χ2n) is 4.50. The highest BCUT2D eigenvalue weighted by atomic mass is 79.9. The summed E-state index contributed by atoms with van der Waals surface area (Å²) < 4.78 is 2.06. The molecule has 2 nitrogen and oxygen atoms in total. The van der Waals surface area contributed by atoms with Crippen LogP contribution in [0.3, 0.4) is 0 Å². The van der Waals surface area contributed by atoms with Gasteiger partial charge >= 0.3 is 0 Å². The lowest BCUT2D eigenvalue weighted by Gasteiger charge is -2.13. The van der Waals surface area contributed by atoms with E-state index in [-0.39, 0.29) is 0 Å². The SMILES string of the molecule is Nc1cc(Br)ccc1Nc1ccc(Br)c2ccccc12. The second kappa shape index (κ2) is 5.46. The lowest BCUT2D eigenvalue weighted by atomic mass is 10.1. The fourth-order valence-corrected chi connectivity index (χ4v) is 3.02. The van der Waals surface area contributed by atoms with Crippen LogP contribution < -0.4 is 11.1 Å². The molecule has 3 aromatic carbocycles. The largest absolute Gasteiger partial charge is 0.397 e. The fourth-order valence-electron chi connectivity index (χ4n) is 2.16. The van der Waals surface area contributed by atoms with Gasteiger partial charge in [-0.05, 0) is 35.7 Å². The van der Waals surface area contributed by atoms with Gasteiger partial charge in [-0.25, -0.2) is 0 Å². The third-order valence-corrected chi connectivity index (χ3v) is 4.34. The summed E-state index contributed by atoms with van der Waals surface area (Å²) >= 11 is 7.00. The molecule has 0 aliphatic rings. The molecule has 100 valence electrons. The van der Waals surface area contributed by atoms with Crippen LogP contribution in [0, 0.1) is 0 Å². The van der Waals surface area contributed by atoms with Gasteiger partial charge in [0.25, 0.3) is 0 Å². The topological polar surface area (TPSA) is 38.0 Å². The molecule has 0 heterocycles. The maximum absolute atomic E-state index is 6.04. The van der Waals surface area contributed by atoms with Gasteiger partial charge in [0.1, 0.15) is 0 Å². The Bertz CT molecular complexity index is 785. The molecule has 0 amide bonds. The highest BCUT2D eigenvalue weighted by Crippen LogP contribution is 2.33. The molecule has 0 aromatic heterocycles. The van der Waals surface area contributed by atoms with Gasteiger partial charge < -0.3 is 11.1 Å². The van der Waals surface area contributed by atoms with Gasteiger partial charge in [-0.15, -0.1) is 0 Å². The molecule has 20 heavy (non-hydrogen) atoms. The van der Waals surface area contributed by atoms with E-state index in [1.54, 1.807) is 0 Å². The van der Waals surface area contributed by atoms with E-state index in [9.17, 15) is 0 Å². The van der Waals surface area contributed by atoms with Gasteiger partial charge in [0.05, 0.1) is 11.4 Å². The van der Waals surface area contributed by atoms with Crippen molar-refractivity contribution in [2.75, 3.05) is 11.1 Å². The molecule has 0 aliphatic heterocycles. The predicted molar refractivity (Wildman–Crippen MR) is 93.5 cm³/mol. The van der Waals surface area contributed by atoms with Crippen molar-refractivity contribution in [1.29, 1.82) is 0 Å². The molecule has 0 aliphatic carbocycles. The summed E-state index contributed by atoms with van der Waals surface area (Å²) in [7, 11) is 0. The van der Waals surface area contributed by atoms with Crippen LogP contribution in [0.15, 0.2) is 63.5 Å². The Morgan fingerprint density at radius 2 is 1.50 bits per heavy atom. The van der Waals surface area contributed by atoms with E-state index in [0.717, 1.165) is 25.7 Å². The summed E-state index contributed by atoms with van der Waals surface area (Å²) in [5.74, 6) is 0. The second-order valence-corrected chi connectivity index (χ2v) is 6.27. The zero-order valence-electron chi connectivity index (χ0n) is 10.5. The van der Waals surface area contributed by atoms with E-state index in [1.807, 2.05) is 42.5 Å². The minimum atomic E-state index is 0.714. The molecule has 0 bridgehead atoms. The molecule has 0 spiro atoms. The molecule has 0 atom stereocenters. The van der Waals surface area contributed by atoms with E-state index in [4.69, 9.17) is 5.73 Å². The van der Waals surface area contributed by atoms with Gasteiger partial charge in [-0.1, -0.05) is 56.1 Å². The molecule has 0 saturated heterocycles. The van der Waals surface area contributed by atoms with E-state index < -0.39 is 0 Å². The number of anilines is 3. The van der Waals surface area contributed by atoms with Crippen LogP contribution in [0.1, 0.15) is 0 Å². The van der Waals surface area contributed by atoms with Crippen molar-refractivity contribution in [3.8, 4) is 0 Å². The highest BCUT2D eigenvalue weighted by molar-refractivity contribution is 9.11. The molecule has 0 saturated carbocycles. The number of hydrogen-bond acceptors (Lipinski definition) is 2. The lowest BCUT2D eigenvalue weighted by Crippen LogP contribution is -1.97. The van der Waals surface area contributed by atoms with Gasteiger partial charge in [0, 0.05) is 20.0 Å². The first-order valence-corrected chi connectivity index (χ1v) is 7.73. The van der Waals surface area contributed by atoms with Crippen LogP contribution in [-0.4, -0.2) is 0 Å². The molecule has 4 heteroatoms. The predicted octanol–water partition coefficient (Wildman–Crippen LogP) is 5.69. The summed E-state index contributed by atoms with van der Waals surface area (Å²) in [5.41, 5.74) is 8.70. The smallest absolute Gasteiger partial charge is 0.0618 e. The number of nitrogen functional groups attached to an aromatic ring is 1. The number of nitrogens with one attached hydrogen (secondary N) is 1. The molecule has 3 aromatic rings. The monoisotopic (exact) mass is 390 g/mol. The number of fused-ring (bicyclic) bond motifs is 1. The van der Waals surface area contributed by atoms with E-state index in [1.165, 1.54) is 5.39 Å². The Balaban J connectivity index is 2.09. The molecular formula is C16H12Br2N2. The highest BCUT2D eigenvalue weighted by Gasteiger charge is 2.06. The maximum Gasteiger partial charge on any atom is 0.0618 e. The molecule has 0 unspecified atom stereocenters. The van der Waals surface area contributed by atoms with Crippen molar-refractivity contribution < 1.29 is 0 Å². The normalized spacial score (nSPS) is 10.7. The van der Waals surface area contributed by atoms with Gasteiger partial charge in [0.15, 0.2) is 0 Å². The summed E-state index contributed by atoms with van der Waals surface area (Å²) in [4.78, 5) is 0. The Morgan fingerprint density at radius 1 is 0.800 bits per heavy atom. The van der Waals surface area contributed by atoms with Crippen molar-refractivity contribution in [2.45, 2.75) is 0 Å². The van der Waals surface area contributed by atoms with E-state index >= 15 is 0 Å². The number of benzene rings is 3. The van der Waals surface area contributed by atoms with Crippen LogP contribution in [0.25, 0.3) is 10.8 Å². The van der Waals surface area contributed by atoms with Crippen molar-refractivity contribution in [3.63, 3.8) is 0 Å². The zero-order chi connectivity index (χ0) is 14.1. The van der Waals surface area contributed by atoms with E-state index in [2.05, 4.69) is 49.3 Å². The summed E-state index contributed by atoms with van der Waals surface area (Å²) in [6.07, 6.45) is 0. The molecular weight excluding hydrogens is 380 g/mol. The average Bonchev–Trinajstić information content (AvgIpc) is 2.45. The Hall–Kier alpha value is -1.52. The Morgan fingerprint density at radius 3 is 2.25 bits per heavy atom. The van der Waals surface area contributed by atoms with Crippen molar-refractivity contribution in [2.24, 2.45) is 0 Å². The van der Waals surface area contributed by atoms with Crippen LogP contribution in [0.2, 0.25) is 0 Å². The first kappa shape index (κ1) is 13.5. The molecule has 0 radical (unpaired) electrons. The van der Waals surface area contributed by atoms with Crippen molar-refractivity contribution in [1.82, 2.24) is 0 Å². The van der Waals surface area contributed by atoms with Crippen molar-refractivity contribution >= 4 is 59.7 Å². The fraction of sp³-hybridized carbons (Fsp3) is 0. The first-order valence-electron chi connectivity index (χ1n) is 6.14. The number of halogens is 2. The minimum Gasteiger partial charge on any atom is -0.397 e. The Labute approximate surface area is 134 Å². The quantitative estimate of drug-likeness (QED) is 0.550. The van der Waals surface area contributed by atoms with Crippen molar-refractivity contribution in [3.05, 3.63) is 63.5 Å². The third kappa shape index (κ3) is 2.53. The minimum absolute atomic E-state index is 0.714. The van der Waals surface area contributed by atoms with Gasteiger partial charge in [-0.2, -0.15) is 0 Å². The van der Waals surface area contributed by atoms with Crippen LogP contribution in [0.4, 0.5) is 17.1 Å². The zero-order valence-corrected chi connectivity index (χ0v) is 13.7. The standard InChI is InChI=1S/C16H12Br2N2/c17-10-5-7-16(14(19)9-10)20-15-8-6-13(18)11-3-1-2-4-12(11)15/h1-9,20H,19H2. The van der Waals surface area contributed by atoms with Gasteiger partial charge in [0.2, 0.25) is 0 Å². The van der Waals surface area contributed by atoms with Crippen LogP contribution in [0.5, 0.6) is 0 Å². The molecule has 0 fully saturated rings. The summed E-state index contributed by atoms with van der Waals surface area (Å²) in [6.45, 7) is 0. The van der Waals surface area contributed by atoms with E-state index in [0.29, 0.717) is 5.69 Å². The first-order chi connectivity index (χ1) is 9.65. The Kier molecular flexibility index (Phi) is 3.68. The number of nitrogens with two attached hydrogens (primary N) is 1. The summed E-state index contributed by atoms with van der Waals surface area (Å²) in [6, 6.07) is 18.2. The van der Waals surface area contributed by atoms with Crippen LogP contribution >= 0.6 is 31.9 Å². The maximum atomic E-state index is 6.04. The average molecular weight is 392 g/mol. The molecule has 3 rings (SSSR count). The van der Waals surface area contributed by atoms with Gasteiger partial charge in [-0.3, -0.25) is 0 Å². The number of hydrogen-bond donors (Lipinski definition) is 2. The summed E-state index contributed by atoms with van der Waals surface area (Å²) in [5, 5.41) is 5.73. The lowest BCUT2D eigenvalue weighted by molar-refractivity contribution is 1.55. The van der Waals surface area contributed by atoms with Crippen LogP contribution in [-0.2, 0) is 0 Å². The number of rotatable bonds is 2. The molecule has 3 N–H and O–H groups in total.